The van der Waals surface area contributed by atoms with Gasteiger partial charge in [0, 0.05) is 14.3 Å². The Kier molecular flexibility index (Phi) is 3.82. The number of aromatic nitrogens is 2. The molecule has 0 saturated heterocycles. The Morgan fingerprint density at radius 1 is 0.926 bits per heavy atom. The molecule has 0 unspecified atom stereocenters. The number of halogens is 1. The van der Waals surface area contributed by atoms with Crippen LogP contribution in [0.15, 0.2) is 66.7 Å². The zero-order chi connectivity index (χ0) is 18.5. The van der Waals surface area contributed by atoms with Crippen LogP contribution in [0.5, 0.6) is 5.75 Å². The van der Waals surface area contributed by atoms with Crippen molar-refractivity contribution in [3.8, 4) is 17.0 Å². The molecule has 5 aromatic rings. The minimum atomic E-state index is 0.843. The lowest BCUT2D eigenvalue weighted by Gasteiger charge is -2.14. The van der Waals surface area contributed by atoms with Crippen LogP contribution in [0.2, 0.25) is 0 Å². The summed E-state index contributed by atoms with van der Waals surface area (Å²) >= 11 is 2.46. The maximum absolute atomic E-state index is 5.47. The Bertz CT molecular complexity index is 1320. The molecule has 3 nitrogen and oxygen atoms in total. The van der Waals surface area contributed by atoms with Gasteiger partial charge in [-0.15, -0.1) is 0 Å². The minimum absolute atomic E-state index is 0.843. The fourth-order valence-electron chi connectivity index (χ4n) is 3.65. The molecule has 2 heterocycles. The van der Waals surface area contributed by atoms with Gasteiger partial charge >= 0.3 is 0 Å². The fraction of sp³-hybridized carbons (Fsp3) is 0.0870. The standard InChI is InChI=1S/C23H17IN2O/c1-14-7-9-15(10-8-14)22-21(24)17-12-11-16(27-2)13-18(17)23-25-19-5-3-4-6-20(19)26(22)23/h3-13H,1-2H3. The Morgan fingerprint density at radius 2 is 1.70 bits per heavy atom. The first-order valence-corrected chi connectivity index (χ1v) is 9.88. The van der Waals surface area contributed by atoms with E-state index >= 15 is 0 Å². The second kappa shape index (κ2) is 6.23. The molecule has 3 aromatic carbocycles. The molecular weight excluding hydrogens is 447 g/mol. The van der Waals surface area contributed by atoms with Gasteiger partial charge in [-0.05, 0) is 65.4 Å². The number of methoxy groups -OCH3 is 1. The highest BCUT2D eigenvalue weighted by Crippen LogP contribution is 2.37. The van der Waals surface area contributed by atoms with Crippen molar-refractivity contribution < 1.29 is 4.74 Å². The predicted molar refractivity (Wildman–Crippen MR) is 120 cm³/mol. The molecule has 2 aromatic heterocycles. The molecule has 0 atom stereocenters. The number of aryl methyl sites for hydroxylation is 1. The van der Waals surface area contributed by atoms with Crippen LogP contribution in [0.1, 0.15) is 5.56 Å². The maximum atomic E-state index is 5.47. The summed E-state index contributed by atoms with van der Waals surface area (Å²) < 4.78 is 8.97. The molecule has 0 fully saturated rings. The van der Waals surface area contributed by atoms with E-state index in [1.165, 1.54) is 25.8 Å². The molecule has 0 bridgehead atoms. The van der Waals surface area contributed by atoms with Crippen LogP contribution in [0.25, 0.3) is 38.7 Å². The second-order valence-electron chi connectivity index (χ2n) is 6.70. The van der Waals surface area contributed by atoms with Gasteiger partial charge in [0.15, 0.2) is 0 Å². The first-order valence-electron chi connectivity index (χ1n) is 8.81. The van der Waals surface area contributed by atoms with Crippen molar-refractivity contribution in [3.05, 3.63) is 75.9 Å². The summed E-state index contributed by atoms with van der Waals surface area (Å²) in [6.45, 7) is 2.11. The third kappa shape index (κ3) is 2.51. The molecule has 0 saturated carbocycles. The summed E-state index contributed by atoms with van der Waals surface area (Å²) in [7, 11) is 1.70. The summed E-state index contributed by atoms with van der Waals surface area (Å²) in [5.41, 5.74) is 6.70. The van der Waals surface area contributed by atoms with Crippen LogP contribution < -0.4 is 4.74 Å². The molecule has 5 rings (SSSR count). The highest BCUT2D eigenvalue weighted by molar-refractivity contribution is 14.1. The third-order valence-electron chi connectivity index (χ3n) is 5.02. The molecule has 132 valence electrons. The molecule has 4 heteroatoms. The third-order valence-corrected chi connectivity index (χ3v) is 6.11. The summed E-state index contributed by atoms with van der Waals surface area (Å²) in [4.78, 5) is 4.97. The van der Waals surface area contributed by atoms with Gasteiger partial charge in [0.05, 0.1) is 23.8 Å². The minimum Gasteiger partial charge on any atom is -0.497 e. The number of benzene rings is 3. The highest BCUT2D eigenvalue weighted by atomic mass is 127. The number of para-hydroxylation sites is 2. The van der Waals surface area contributed by atoms with Crippen LogP contribution >= 0.6 is 22.6 Å². The molecule has 0 N–H and O–H groups in total. The quantitative estimate of drug-likeness (QED) is 0.290. The van der Waals surface area contributed by atoms with Gasteiger partial charge in [0.25, 0.3) is 0 Å². The van der Waals surface area contributed by atoms with E-state index in [1.54, 1.807) is 7.11 Å². The van der Waals surface area contributed by atoms with E-state index < -0.39 is 0 Å². The SMILES string of the molecule is COc1ccc2c(I)c(-c3ccc(C)cc3)n3c4ccccc4nc3c2c1. The number of imidazole rings is 1. The van der Waals surface area contributed by atoms with E-state index in [1.807, 2.05) is 12.1 Å². The van der Waals surface area contributed by atoms with E-state index in [0.717, 1.165) is 27.8 Å². The number of rotatable bonds is 2. The number of ether oxygens (including phenoxy) is 1. The largest absolute Gasteiger partial charge is 0.497 e. The zero-order valence-corrected chi connectivity index (χ0v) is 17.2. The fourth-order valence-corrected chi connectivity index (χ4v) is 4.68. The Labute approximate surface area is 170 Å². The molecule has 0 aliphatic heterocycles. The molecule has 27 heavy (non-hydrogen) atoms. The van der Waals surface area contributed by atoms with E-state index in [4.69, 9.17) is 9.72 Å². The lowest BCUT2D eigenvalue weighted by Crippen LogP contribution is -1.98. The summed E-state index contributed by atoms with van der Waals surface area (Å²) in [6, 6.07) is 23.2. The zero-order valence-electron chi connectivity index (χ0n) is 15.0. The monoisotopic (exact) mass is 464 g/mol. The van der Waals surface area contributed by atoms with Gasteiger partial charge in [0.2, 0.25) is 0 Å². The Balaban J connectivity index is 2.03. The van der Waals surface area contributed by atoms with Crippen molar-refractivity contribution in [1.82, 2.24) is 9.38 Å². The van der Waals surface area contributed by atoms with Gasteiger partial charge in [0.1, 0.15) is 11.4 Å². The Hall–Kier alpha value is -2.60. The van der Waals surface area contributed by atoms with Crippen molar-refractivity contribution >= 4 is 50.0 Å². The van der Waals surface area contributed by atoms with E-state index in [2.05, 4.69) is 88.5 Å². The van der Waals surface area contributed by atoms with Crippen LogP contribution in [0.4, 0.5) is 0 Å². The smallest absolute Gasteiger partial charge is 0.146 e. The molecular formula is C23H17IN2O. The molecule has 0 radical (unpaired) electrons. The first kappa shape index (κ1) is 16.6. The molecule has 0 aliphatic rings. The number of hydrogen-bond donors (Lipinski definition) is 0. The number of pyridine rings is 1. The van der Waals surface area contributed by atoms with Crippen LogP contribution in [0.3, 0.4) is 0 Å². The van der Waals surface area contributed by atoms with Crippen molar-refractivity contribution in [3.63, 3.8) is 0 Å². The predicted octanol–water partition coefficient (Wildman–Crippen LogP) is 6.23. The van der Waals surface area contributed by atoms with Gasteiger partial charge in [-0.3, -0.25) is 4.40 Å². The number of hydrogen-bond acceptors (Lipinski definition) is 2. The highest BCUT2D eigenvalue weighted by Gasteiger charge is 2.18. The van der Waals surface area contributed by atoms with Gasteiger partial charge in [-0.1, -0.05) is 42.0 Å². The first-order chi connectivity index (χ1) is 13.2. The van der Waals surface area contributed by atoms with Gasteiger partial charge < -0.3 is 4.74 Å². The molecule has 0 spiro atoms. The number of nitrogens with zero attached hydrogens (tertiary/aromatic N) is 2. The average Bonchev–Trinajstić information content (AvgIpc) is 3.09. The normalized spacial score (nSPS) is 11.5. The lowest BCUT2D eigenvalue weighted by molar-refractivity contribution is 0.415. The van der Waals surface area contributed by atoms with Gasteiger partial charge in [-0.25, -0.2) is 4.98 Å². The number of fused-ring (bicyclic) bond motifs is 5. The van der Waals surface area contributed by atoms with Crippen molar-refractivity contribution in [2.75, 3.05) is 7.11 Å². The van der Waals surface area contributed by atoms with Crippen LogP contribution in [-0.2, 0) is 0 Å². The van der Waals surface area contributed by atoms with Crippen LogP contribution in [0, 0.1) is 10.5 Å². The van der Waals surface area contributed by atoms with Crippen molar-refractivity contribution in [2.45, 2.75) is 6.92 Å². The van der Waals surface area contributed by atoms with E-state index in [9.17, 15) is 0 Å². The van der Waals surface area contributed by atoms with E-state index in [0.29, 0.717) is 0 Å². The summed E-state index contributed by atoms with van der Waals surface area (Å²) in [5.74, 6) is 0.843. The van der Waals surface area contributed by atoms with Crippen molar-refractivity contribution in [1.29, 1.82) is 0 Å². The van der Waals surface area contributed by atoms with Crippen LogP contribution in [-0.4, -0.2) is 16.5 Å². The second-order valence-corrected chi connectivity index (χ2v) is 7.78. The van der Waals surface area contributed by atoms with E-state index in [-0.39, 0.29) is 0 Å². The average molecular weight is 464 g/mol. The topological polar surface area (TPSA) is 26.5 Å². The summed E-state index contributed by atoms with van der Waals surface area (Å²) in [6.07, 6.45) is 0. The van der Waals surface area contributed by atoms with Crippen molar-refractivity contribution in [2.24, 2.45) is 0 Å². The molecule has 0 amide bonds. The summed E-state index contributed by atoms with van der Waals surface area (Å²) in [5, 5.41) is 2.29. The molecule has 0 aliphatic carbocycles. The Morgan fingerprint density at radius 3 is 2.48 bits per heavy atom. The lowest BCUT2D eigenvalue weighted by atomic mass is 10.0. The maximum Gasteiger partial charge on any atom is 0.146 e. The van der Waals surface area contributed by atoms with Gasteiger partial charge in [-0.2, -0.15) is 0 Å².